The number of hydrogen-bond acceptors (Lipinski definition) is 10. The smallest absolute Gasteiger partial charge is 0.201 e. The van der Waals surface area contributed by atoms with Gasteiger partial charge in [0.25, 0.3) is 0 Å². The van der Waals surface area contributed by atoms with E-state index in [9.17, 15) is 34.8 Å². The summed E-state index contributed by atoms with van der Waals surface area (Å²) in [5.41, 5.74) is -1.43. The van der Waals surface area contributed by atoms with E-state index in [0.29, 0.717) is 11.3 Å². The molecule has 10 nitrogen and oxygen atoms in total. The number of ether oxygens (including phenoxy) is 3. The van der Waals surface area contributed by atoms with Crippen LogP contribution in [0.25, 0.3) is 21.9 Å². The minimum absolute atomic E-state index is 0.00668. The maximum absolute atomic E-state index is 13.9. The average Bonchev–Trinajstić information content (AvgIpc) is 2.94. The molecule has 0 saturated heterocycles. The lowest BCUT2D eigenvalue weighted by atomic mass is 9.74. The van der Waals surface area contributed by atoms with Gasteiger partial charge < -0.3 is 34.6 Å². The maximum Gasteiger partial charge on any atom is 0.201 e. The Bertz CT molecular complexity index is 1950. The second-order valence-corrected chi connectivity index (χ2v) is 11.2. The van der Waals surface area contributed by atoms with E-state index in [4.69, 9.17) is 14.2 Å². The van der Waals surface area contributed by atoms with Crippen LogP contribution >= 0.6 is 0 Å². The lowest BCUT2D eigenvalue weighted by molar-refractivity contribution is 0.0410. The van der Waals surface area contributed by atoms with Gasteiger partial charge in [-0.1, -0.05) is 0 Å². The number of benzene rings is 4. The van der Waals surface area contributed by atoms with Gasteiger partial charge in [-0.05, 0) is 49.2 Å². The molecule has 0 saturated carbocycles. The Kier molecular flexibility index (Phi) is 6.17. The Balaban J connectivity index is 1.81. The van der Waals surface area contributed by atoms with E-state index in [1.54, 1.807) is 13.0 Å². The summed E-state index contributed by atoms with van der Waals surface area (Å²) in [6, 6.07) is 7.27. The van der Waals surface area contributed by atoms with Gasteiger partial charge in [0, 0.05) is 41.0 Å². The molecule has 0 aromatic heterocycles. The van der Waals surface area contributed by atoms with Crippen LogP contribution in [0.1, 0.15) is 66.7 Å². The number of Topliss-reactive ketones (excluding diaryl/α,β-unsaturated/α-hetero) is 1. The number of carbonyl (C=O) groups is 3. The van der Waals surface area contributed by atoms with Crippen molar-refractivity contribution in [2.45, 2.75) is 32.3 Å². The molecule has 0 heterocycles. The highest BCUT2D eigenvalue weighted by Crippen LogP contribution is 2.55. The van der Waals surface area contributed by atoms with Crippen molar-refractivity contribution in [1.82, 2.24) is 0 Å². The molecule has 0 spiro atoms. The van der Waals surface area contributed by atoms with E-state index in [1.807, 2.05) is 0 Å². The van der Waals surface area contributed by atoms with Crippen molar-refractivity contribution in [3.05, 3.63) is 69.3 Å². The number of aryl methyl sites for hydroxylation is 1. The van der Waals surface area contributed by atoms with Crippen LogP contribution in [-0.2, 0) is 6.42 Å². The number of hydrogen-bond donors (Lipinski definition) is 4. The first-order valence-corrected chi connectivity index (χ1v) is 13.4. The van der Waals surface area contributed by atoms with Gasteiger partial charge in [0.2, 0.25) is 5.78 Å². The lowest BCUT2D eigenvalue weighted by Gasteiger charge is -2.33. The summed E-state index contributed by atoms with van der Waals surface area (Å²) in [6.07, 6.45) is -0.380. The van der Waals surface area contributed by atoms with E-state index in [0.717, 1.165) is 0 Å². The average molecular weight is 585 g/mol. The van der Waals surface area contributed by atoms with E-state index < -0.39 is 34.4 Å². The van der Waals surface area contributed by atoms with Gasteiger partial charge >= 0.3 is 0 Å². The van der Waals surface area contributed by atoms with E-state index in [1.165, 1.54) is 52.5 Å². The number of fused-ring (bicyclic) bond motifs is 4. The molecule has 1 atom stereocenters. The topological polar surface area (TPSA) is 160 Å². The number of methoxy groups -OCH3 is 3. The van der Waals surface area contributed by atoms with Gasteiger partial charge in [-0.2, -0.15) is 0 Å². The highest BCUT2D eigenvalue weighted by Gasteiger charge is 2.42. The monoisotopic (exact) mass is 584 g/mol. The predicted octanol–water partition coefficient (Wildman–Crippen LogP) is 4.61. The molecule has 4 aromatic rings. The molecule has 0 aliphatic heterocycles. The number of phenols is 3. The zero-order valence-corrected chi connectivity index (χ0v) is 24.0. The number of aliphatic hydroxyl groups is 1. The Hall–Kier alpha value is -5.09. The summed E-state index contributed by atoms with van der Waals surface area (Å²) in [5, 5.41) is 45.5. The summed E-state index contributed by atoms with van der Waals surface area (Å²) in [5.74, 6) is -2.85. The van der Waals surface area contributed by atoms with Crippen molar-refractivity contribution < 1.29 is 49.0 Å². The first-order valence-electron chi connectivity index (χ1n) is 13.4. The molecule has 1 unspecified atom stereocenters. The maximum atomic E-state index is 13.9. The zero-order chi connectivity index (χ0) is 31.1. The largest absolute Gasteiger partial charge is 0.507 e. The van der Waals surface area contributed by atoms with Crippen molar-refractivity contribution in [3.8, 4) is 45.6 Å². The van der Waals surface area contributed by atoms with Gasteiger partial charge in [0.15, 0.2) is 11.6 Å². The van der Waals surface area contributed by atoms with E-state index in [-0.39, 0.29) is 85.4 Å². The molecule has 43 heavy (non-hydrogen) atoms. The molecule has 220 valence electrons. The summed E-state index contributed by atoms with van der Waals surface area (Å²) in [7, 11) is 4.13. The lowest BCUT2D eigenvalue weighted by Crippen LogP contribution is -2.36. The van der Waals surface area contributed by atoms with Crippen molar-refractivity contribution in [2.24, 2.45) is 0 Å². The van der Waals surface area contributed by atoms with Gasteiger partial charge in [-0.15, -0.1) is 0 Å². The molecule has 6 rings (SSSR count). The van der Waals surface area contributed by atoms with Crippen molar-refractivity contribution >= 4 is 28.1 Å². The van der Waals surface area contributed by atoms with Crippen molar-refractivity contribution in [3.63, 3.8) is 0 Å². The first-order chi connectivity index (χ1) is 20.3. The Morgan fingerprint density at radius 1 is 0.698 bits per heavy atom. The van der Waals surface area contributed by atoms with Crippen LogP contribution < -0.4 is 14.2 Å². The van der Waals surface area contributed by atoms with Gasteiger partial charge in [0.05, 0.1) is 54.6 Å². The molecular weight excluding hydrogens is 556 g/mol. The van der Waals surface area contributed by atoms with Crippen LogP contribution in [0.3, 0.4) is 0 Å². The van der Waals surface area contributed by atoms with Gasteiger partial charge in [-0.25, -0.2) is 0 Å². The predicted molar refractivity (Wildman–Crippen MR) is 155 cm³/mol. The van der Waals surface area contributed by atoms with E-state index >= 15 is 0 Å². The molecule has 4 N–H and O–H groups in total. The minimum Gasteiger partial charge on any atom is -0.507 e. The van der Waals surface area contributed by atoms with Crippen LogP contribution in [0.2, 0.25) is 0 Å². The summed E-state index contributed by atoms with van der Waals surface area (Å²) in [4.78, 5) is 40.9. The van der Waals surface area contributed by atoms with E-state index in [2.05, 4.69) is 0 Å². The van der Waals surface area contributed by atoms with Crippen LogP contribution in [0.4, 0.5) is 0 Å². The molecule has 10 heteroatoms. The van der Waals surface area contributed by atoms with Crippen LogP contribution in [0.15, 0.2) is 30.3 Å². The van der Waals surface area contributed by atoms with Crippen molar-refractivity contribution in [2.75, 3.05) is 21.3 Å². The third kappa shape index (κ3) is 3.94. The van der Waals surface area contributed by atoms with Gasteiger partial charge in [0.1, 0.15) is 34.5 Å². The Morgan fingerprint density at radius 3 is 2.02 bits per heavy atom. The Morgan fingerprint density at radius 2 is 1.37 bits per heavy atom. The number of rotatable bonds is 4. The molecule has 0 amide bonds. The standard InChI is InChI=1S/C33H28O10/c1-13-6-16-24(19(34)7-13)31(38)27-17(29(16)36)10-22(43-5)28(32(27)39)23-15-8-14(41-3)9-21(42-4)26(15)30(37)25-18(23)11-33(2,40)12-20(25)35/h6-10,34,37,39-40H,11-12H2,1-5H3. The second kappa shape index (κ2) is 9.47. The SMILES string of the molecule is COc1cc(OC)c2c(O)c3c(c(-c4c(OC)cc5c(c4O)C(=O)c4c(O)cc(C)cc4C5=O)c2c1)CC(C)(O)CC3=O. The number of aromatic hydroxyl groups is 3. The molecule has 0 bridgehead atoms. The fourth-order valence-electron chi connectivity index (χ4n) is 6.42. The minimum atomic E-state index is -1.51. The second-order valence-electron chi connectivity index (χ2n) is 11.2. The summed E-state index contributed by atoms with van der Waals surface area (Å²) < 4.78 is 16.7. The molecule has 2 aliphatic rings. The number of carbonyl (C=O) groups excluding carboxylic acids is 3. The van der Waals surface area contributed by atoms with Crippen LogP contribution in [0.5, 0.6) is 34.5 Å². The zero-order valence-electron chi connectivity index (χ0n) is 24.0. The highest BCUT2D eigenvalue weighted by atomic mass is 16.5. The van der Waals surface area contributed by atoms with Crippen LogP contribution in [-0.4, -0.2) is 64.7 Å². The number of ketones is 3. The fraction of sp³-hybridized carbons (Fsp3) is 0.242. The highest BCUT2D eigenvalue weighted by molar-refractivity contribution is 6.31. The molecule has 0 fully saturated rings. The molecule has 4 aromatic carbocycles. The third-order valence-electron chi connectivity index (χ3n) is 8.20. The molecule has 2 aliphatic carbocycles. The third-order valence-corrected chi connectivity index (χ3v) is 8.20. The normalized spacial score (nSPS) is 17.4. The molecule has 0 radical (unpaired) electrons. The fourth-order valence-corrected chi connectivity index (χ4v) is 6.42. The summed E-state index contributed by atoms with van der Waals surface area (Å²) >= 11 is 0. The Labute approximate surface area is 245 Å². The van der Waals surface area contributed by atoms with Crippen LogP contribution in [0, 0.1) is 6.92 Å². The van der Waals surface area contributed by atoms with Gasteiger partial charge in [-0.3, -0.25) is 14.4 Å². The number of phenolic OH excluding ortho intramolecular Hbond substituents is 3. The molecular formula is C33H28O10. The first kappa shape index (κ1) is 28.0. The van der Waals surface area contributed by atoms with Crippen molar-refractivity contribution in [1.29, 1.82) is 0 Å². The summed E-state index contributed by atoms with van der Waals surface area (Å²) in [6.45, 7) is 3.16. The quantitative estimate of drug-likeness (QED) is 0.235.